The van der Waals surface area contributed by atoms with Gasteiger partial charge in [0.1, 0.15) is 23.2 Å². The van der Waals surface area contributed by atoms with Crippen LogP contribution in [0.4, 0.5) is 4.39 Å². The summed E-state index contributed by atoms with van der Waals surface area (Å²) in [6.45, 7) is 1.69. The van der Waals surface area contributed by atoms with E-state index in [1.807, 2.05) is 24.3 Å². The summed E-state index contributed by atoms with van der Waals surface area (Å²) in [5.74, 6) is -0.437. The highest BCUT2D eigenvalue weighted by atomic mass is 32.1. The summed E-state index contributed by atoms with van der Waals surface area (Å²) in [5, 5.41) is 0.730. The monoisotopic (exact) mass is 331 g/mol. The van der Waals surface area contributed by atoms with Crippen LogP contribution in [0, 0.1) is 5.82 Å². The van der Waals surface area contributed by atoms with E-state index in [1.165, 1.54) is 35.6 Å². The number of aromatic nitrogens is 1. The summed E-state index contributed by atoms with van der Waals surface area (Å²) in [5.41, 5.74) is 0.888. The van der Waals surface area contributed by atoms with Gasteiger partial charge in [-0.1, -0.05) is 12.1 Å². The molecule has 2 aromatic carbocycles. The van der Waals surface area contributed by atoms with Crippen LogP contribution < -0.4 is 4.74 Å². The summed E-state index contributed by atoms with van der Waals surface area (Å²) in [6.07, 6.45) is -0.783. The van der Waals surface area contributed by atoms with Crippen molar-refractivity contribution in [3.8, 4) is 5.75 Å². The normalized spacial score (nSPS) is 12.1. The molecule has 3 aromatic rings. The number of halogens is 1. The Morgan fingerprint density at radius 3 is 2.70 bits per heavy atom. The van der Waals surface area contributed by atoms with Gasteiger partial charge in [-0.15, -0.1) is 11.3 Å². The maximum Gasteiger partial charge on any atom is 0.347 e. The van der Waals surface area contributed by atoms with E-state index in [1.54, 1.807) is 6.92 Å². The van der Waals surface area contributed by atoms with Crippen LogP contribution in [0.5, 0.6) is 5.75 Å². The van der Waals surface area contributed by atoms with Crippen molar-refractivity contribution in [1.82, 2.24) is 4.98 Å². The molecule has 0 spiro atoms. The SMILES string of the molecule is C[C@@H](Oc1ccc(F)cc1)C(=O)OCc1nc2ccccc2s1. The fourth-order valence-corrected chi connectivity index (χ4v) is 2.88. The van der Waals surface area contributed by atoms with Gasteiger partial charge in [-0.25, -0.2) is 14.2 Å². The minimum absolute atomic E-state index is 0.106. The number of carbonyl (C=O) groups excluding carboxylic acids is 1. The van der Waals surface area contributed by atoms with E-state index < -0.39 is 12.1 Å². The van der Waals surface area contributed by atoms with Crippen molar-refractivity contribution in [1.29, 1.82) is 0 Å². The quantitative estimate of drug-likeness (QED) is 0.664. The standard InChI is InChI=1S/C17H14FNO3S/c1-11(22-13-8-6-12(18)7-9-13)17(20)21-10-16-19-14-4-2-3-5-15(14)23-16/h2-9,11H,10H2,1H3/t11-/m1/s1. The third-order valence-corrected chi connectivity index (χ3v) is 4.14. The first-order chi connectivity index (χ1) is 11.1. The molecule has 0 bridgehead atoms. The van der Waals surface area contributed by atoms with Crippen LogP contribution in [0.25, 0.3) is 10.2 Å². The van der Waals surface area contributed by atoms with E-state index in [2.05, 4.69) is 4.98 Å². The Balaban J connectivity index is 1.56. The number of rotatable bonds is 5. The Morgan fingerprint density at radius 1 is 1.22 bits per heavy atom. The lowest BCUT2D eigenvalue weighted by molar-refractivity contribution is -0.152. The number of esters is 1. The number of benzene rings is 2. The zero-order valence-electron chi connectivity index (χ0n) is 12.4. The average molecular weight is 331 g/mol. The molecule has 0 aliphatic heterocycles. The van der Waals surface area contributed by atoms with Gasteiger partial charge in [0.2, 0.25) is 0 Å². The lowest BCUT2D eigenvalue weighted by Gasteiger charge is -2.13. The van der Waals surface area contributed by atoms with E-state index in [4.69, 9.17) is 9.47 Å². The second-order valence-electron chi connectivity index (χ2n) is 4.90. The highest BCUT2D eigenvalue weighted by Crippen LogP contribution is 2.22. The number of hydrogen-bond acceptors (Lipinski definition) is 5. The average Bonchev–Trinajstić information content (AvgIpc) is 2.97. The molecule has 1 aromatic heterocycles. The van der Waals surface area contributed by atoms with Crippen molar-refractivity contribution in [2.75, 3.05) is 0 Å². The number of carbonyl (C=O) groups is 1. The van der Waals surface area contributed by atoms with Gasteiger partial charge < -0.3 is 9.47 Å². The zero-order chi connectivity index (χ0) is 16.2. The predicted molar refractivity (Wildman–Crippen MR) is 85.9 cm³/mol. The molecule has 23 heavy (non-hydrogen) atoms. The van der Waals surface area contributed by atoms with Crippen LogP contribution in [-0.2, 0) is 16.1 Å². The Morgan fingerprint density at radius 2 is 1.96 bits per heavy atom. The minimum Gasteiger partial charge on any atom is -0.479 e. The molecule has 0 fully saturated rings. The Labute approximate surface area is 136 Å². The van der Waals surface area contributed by atoms with Crippen molar-refractivity contribution in [2.45, 2.75) is 19.6 Å². The molecule has 4 nitrogen and oxygen atoms in total. The number of fused-ring (bicyclic) bond motifs is 1. The maximum absolute atomic E-state index is 12.8. The molecule has 0 unspecified atom stereocenters. The van der Waals surface area contributed by atoms with E-state index in [9.17, 15) is 9.18 Å². The van der Waals surface area contributed by atoms with Gasteiger partial charge in [-0.2, -0.15) is 0 Å². The molecule has 0 aliphatic rings. The fourth-order valence-electron chi connectivity index (χ4n) is 2.00. The Hall–Kier alpha value is -2.47. The van der Waals surface area contributed by atoms with Crippen LogP contribution >= 0.6 is 11.3 Å². The molecule has 0 N–H and O–H groups in total. The molecule has 6 heteroatoms. The molecule has 1 heterocycles. The lowest BCUT2D eigenvalue weighted by atomic mass is 10.3. The fraction of sp³-hybridized carbons (Fsp3) is 0.176. The number of thiazole rings is 1. The highest BCUT2D eigenvalue weighted by Gasteiger charge is 2.17. The summed E-state index contributed by atoms with van der Waals surface area (Å²) >= 11 is 1.49. The van der Waals surface area contributed by atoms with E-state index >= 15 is 0 Å². The van der Waals surface area contributed by atoms with Crippen LogP contribution in [0.1, 0.15) is 11.9 Å². The van der Waals surface area contributed by atoms with Gasteiger partial charge in [0.15, 0.2) is 6.10 Å². The van der Waals surface area contributed by atoms with Gasteiger partial charge in [-0.05, 0) is 43.3 Å². The summed E-state index contributed by atoms with van der Waals surface area (Å²) < 4.78 is 24.5. The van der Waals surface area contributed by atoms with Gasteiger partial charge in [0.05, 0.1) is 10.2 Å². The Bertz CT molecular complexity index is 783. The van der Waals surface area contributed by atoms with Crippen molar-refractivity contribution in [2.24, 2.45) is 0 Å². The number of ether oxygens (including phenoxy) is 2. The third kappa shape index (κ3) is 3.84. The lowest BCUT2D eigenvalue weighted by Crippen LogP contribution is -2.26. The minimum atomic E-state index is -0.783. The molecular weight excluding hydrogens is 317 g/mol. The highest BCUT2D eigenvalue weighted by molar-refractivity contribution is 7.18. The molecule has 0 saturated heterocycles. The zero-order valence-corrected chi connectivity index (χ0v) is 13.2. The topological polar surface area (TPSA) is 48.4 Å². The van der Waals surface area contributed by atoms with E-state index in [0.29, 0.717) is 5.75 Å². The first kappa shape index (κ1) is 15.4. The predicted octanol–water partition coefficient (Wildman–Crippen LogP) is 3.95. The smallest absolute Gasteiger partial charge is 0.347 e. The number of para-hydroxylation sites is 1. The summed E-state index contributed by atoms with van der Waals surface area (Å²) in [6, 6.07) is 13.2. The first-order valence-electron chi connectivity index (χ1n) is 7.05. The van der Waals surface area contributed by atoms with Crippen LogP contribution in [-0.4, -0.2) is 17.1 Å². The molecule has 0 amide bonds. The second-order valence-corrected chi connectivity index (χ2v) is 6.01. The van der Waals surface area contributed by atoms with E-state index in [-0.39, 0.29) is 12.4 Å². The molecule has 118 valence electrons. The van der Waals surface area contributed by atoms with Crippen molar-refractivity contribution in [3.05, 3.63) is 59.4 Å². The van der Waals surface area contributed by atoms with Crippen LogP contribution in [0.2, 0.25) is 0 Å². The molecular formula is C17H14FNO3S. The molecule has 0 saturated carbocycles. The molecule has 0 radical (unpaired) electrons. The Kier molecular flexibility index (Phi) is 4.52. The van der Waals surface area contributed by atoms with Crippen molar-refractivity contribution < 1.29 is 18.7 Å². The van der Waals surface area contributed by atoms with Gasteiger partial charge >= 0.3 is 5.97 Å². The molecule has 3 rings (SSSR count). The largest absolute Gasteiger partial charge is 0.479 e. The molecule has 0 aliphatic carbocycles. The van der Waals surface area contributed by atoms with Crippen molar-refractivity contribution >= 4 is 27.5 Å². The van der Waals surface area contributed by atoms with Crippen LogP contribution in [0.15, 0.2) is 48.5 Å². The van der Waals surface area contributed by atoms with E-state index in [0.717, 1.165) is 15.2 Å². The first-order valence-corrected chi connectivity index (χ1v) is 7.87. The number of hydrogen-bond donors (Lipinski definition) is 0. The summed E-state index contributed by atoms with van der Waals surface area (Å²) in [4.78, 5) is 16.4. The van der Waals surface area contributed by atoms with Crippen molar-refractivity contribution in [3.63, 3.8) is 0 Å². The van der Waals surface area contributed by atoms with Gasteiger partial charge in [0.25, 0.3) is 0 Å². The second kappa shape index (κ2) is 6.75. The molecule has 1 atom stereocenters. The van der Waals surface area contributed by atoms with Crippen LogP contribution in [0.3, 0.4) is 0 Å². The summed E-state index contributed by atoms with van der Waals surface area (Å²) in [7, 11) is 0. The van der Waals surface area contributed by atoms with Gasteiger partial charge in [-0.3, -0.25) is 0 Å². The third-order valence-electron chi connectivity index (χ3n) is 3.13. The number of nitrogens with zero attached hydrogens (tertiary/aromatic N) is 1. The van der Waals surface area contributed by atoms with Gasteiger partial charge in [0, 0.05) is 0 Å². The maximum atomic E-state index is 12.8.